The first kappa shape index (κ1) is 10.9. The summed E-state index contributed by atoms with van der Waals surface area (Å²) in [5, 5.41) is 0. The van der Waals surface area contributed by atoms with E-state index in [1.165, 1.54) is 0 Å². The summed E-state index contributed by atoms with van der Waals surface area (Å²) < 4.78 is 30.2. The lowest BCUT2D eigenvalue weighted by atomic mass is 10.0. The van der Waals surface area contributed by atoms with Gasteiger partial charge in [0.05, 0.1) is 19.3 Å². The number of ether oxygens (including phenoxy) is 1. The number of hydrogen-bond acceptors (Lipinski definition) is 2. The Hall–Kier alpha value is -0.220. The van der Waals surface area contributed by atoms with Crippen LogP contribution in [0.4, 0.5) is 8.78 Å². The van der Waals surface area contributed by atoms with Gasteiger partial charge in [0.15, 0.2) is 0 Å². The Balaban J connectivity index is 2.67. The van der Waals surface area contributed by atoms with Crippen molar-refractivity contribution in [1.82, 2.24) is 4.90 Å². The molecule has 0 spiro atoms. The van der Waals surface area contributed by atoms with E-state index >= 15 is 0 Å². The summed E-state index contributed by atoms with van der Waals surface area (Å²) in [5.41, 5.74) is -0.203. The number of rotatable bonds is 1. The van der Waals surface area contributed by atoms with Crippen molar-refractivity contribution in [1.29, 1.82) is 0 Å². The van der Waals surface area contributed by atoms with Gasteiger partial charge in [0, 0.05) is 12.1 Å². The molecule has 1 atom stereocenters. The third kappa shape index (κ3) is 2.61. The number of hydrogen-bond donors (Lipinski definition) is 0. The molecule has 13 heavy (non-hydrogen) atoms. The fraction of sp³-hybridized carbons (Fsp3) is 1.00. The lowest BCUT2D eigenvalue weighted by Gasteiger charge is -2.43. The van der Waals surface area contributed by atoms with Crippen molar-refractivity contribution in [3.63, 3.8) is 0 Å². The molecule has 1 heterocycles. The van der Waals surface area contributed by atoms with Crippen molar-refractivity contribution in [3.8, 4) is 0 Å². The fourth-order valence-corrected chi connectivity index (χ4v) is 1.66. The van der Waals surface area contributed by atoms with Gasteiger partial charge in [-0.25, -0.2) is 8.78 Å². The molecule has 0 radical (unpaired) electrons. The average Bonchev–Trinajstić information content (AvgIpc) is 2.03. The van der Waals surface area contributed by atoms with Gasteiger partial charge in [-0.05, 0) is 20.8 Å². The molecule has 1 rings (SSSR count). The van der Waals surface area contributed by atoms with Crippen LogP contribution in [0.1, 0.15) is 20.8 Å². The van der Waals surface area contributed by atoms with Gasteiger partial charge in [-0.2, -0.15) is 0 Å². The number of alkyl halides is 2. The van der Waals surface area contributed by atoms with Crippen LogP contribution in [0.2, 0.25) is 0 Å². The van der Waals surface area contributed by atoms with Crippen LogP contribution in [0, 0.1) is 0 Å². The Morgan fingerprint density at radius 3 is 2.38 bits per heavy atom. The third-order valence-electron chi connectivity index (χ3n) is 2.32. The Bertz CT molecular complexity index is 167. The summed E-state index contributed by atoms with van der Waals surface area (Å²) >= 11 is 0. The zero-order valence-electron chi connectivity index (χ0n) is 8.39. The molecule has 0 aromatic carbocycles. The number of morpholine rings is 1. The van der Waals surface area contributed by atoms with Gasteiger partial charge in [0.2, 0.25) is 0 Å². The van der Waals surface area contributed by atoms with E-state index in [-0.39, 0.29) is 12.1 Å². The van der Waals surface area contributed by atoms with Gasteiger partial charge >= 0.3 is 0 Å². The smallest absolute Gasteiger partial charge is 0.256 e. The molecule has 0 N–H and O–H groups in total. The van der Waals surface area contributed by atoms with Crippen molar-refractivity contribution < 1.29 is 13.5 Å². The van der Waals surface area contributed by atoms with Crippen LogP contribution < -0.4 is 0 Å². The Morgan fingerprint density at radius 1 is 1.38 bits per heavy atom. The van der Waals surface area contributed by atoms with Crippen LogP contribution in [-0.4, -0.2) is 42.7 Å². The minimum atomic E-state index is -2.32. The van der Waals surface area contributed by atoms with Crippen molar-refractivity contribution >= 4 is 0 Å². The summed E-state index contributed by atoms with van der Waals surface area (Å²) in [6.45, 7) is 7.16. The maximum absolute atomic E-state index is 12.6. The molecule has 4 heteroatoms. The molecule has 1 aliphatic heterocycles. The minimum Gasteiger partial charge on any atom is -0.378 e. The molecule has 0 aromatic rings. The van der Waals surface area contributed by atoms with Crippen molar-refractivity contribution in [3.05, 3.63) is 0 Å². The second-order valence-corrected chi connectivity index (χ2v) is 4.34. The Kier molecular flexibility index (Phi) is 3.24. The predicted molar refractivity (Wildman–Crippen MR) is 47.1 cm³/mol. The zero-order valence-corrected chi connectivity index (χ0v) is 8.39. The Labute approximate surface area is 77.9 Å². The maximum Gasteiger partial charge on any atom is 0.256 e. The normalized spacial score (nSPS) is 26.8. The molecule has 0 saturated carbocycles. The SMILES string of the molecule is CC(C)(C)N1CCOC[C@H]1C(F)F. The maximum atomic E-state index is 12.6. The van der Waals surface area contributed by atoms with Gasteiger partial charge in [0.25, 0.3) is 6.43 Å². The Morgan fingerprint density at radius 2 is 2.00 bits per heavy atom. The van der Waals surface area contributed by atoms with E-state index in [2.05, 4.69) is 0 Å². The molecule has 0 aromatic heterocycles. The van der Waals surface area contributed by atoms with Crippen LogP contribution in [0.3, 0.4) is 0 Å². The van der Waals surface area contributed by atoms with Crippen LogP contribution >= 0.6 is 0 Å². The average molecular weight is 193 g/mol. The first-order chi connectivity index (χ1) is 5.93. The van der Waals surface area contributed by atoms with Crippen molar-refractivity contribution in [2.75, 3.05) is 19.8 Å². The van der Waals surface area contributed by atoms with Crippen molar-refractivity contribution in [2.24, 2.45) is 0 Å². The van der Waals surface area contributed by atoms with E-state index in [4.69, 9.17) is 4.74 Å². The zero-order chi connectivity index (χ0) is 10.1. The quantitative estimate of drug-likeness (QED) is 0.629. The first-order valence-electron chi connectivity index (χ1n) is 4.55. The van der Waals surface area contributed by atoms with Gasteiger partial charge in [-0.15, -0.1) is 0 Å². The molecule has 1 saturated heterocycles. The summed E-state index contributed by atoms with van der Waals surface area (Å²) in [6.07, 6.45) is -2.32. The monoisotopic (exact) mass is 193 g/mol. The van der Waals surface area contributed by atoms with E-state index < -0.39 is 12.5 Å². The second-order valence-electron chi connectivity index (χ2n) is 4.34. The van der Waals surface area contributed by atoms with Crippen molar-refractivity contribution in [2.45, 2.75) is 38.8 Å². The fourth-order valence-electron chi connectivity index (χ4n) is 1.66. The standard InChI is InChI=1S/C9H17F2NO/c1-9(2,3)12-4-5-13-6-7(12)8(10)11/h7-8H,4-6H2,1-3H3/t7-/m0/s1. The molecule has 0 aliphatic carbocycles. The molecule has 78 valence electrons. The topological polar surface area (TPSA) is 12.5 Å². The summed E-state index contributed by atoms with van der Waals surface area (Å²) in [4.78, 5) is 1.82. The van der Waals surface area contributed by atoms with Crippen LogP contribution in [-0.2, 0) is 4.74 Å². The molecule has 0 unspecified atom stereocenters. The third-order valence-corrected chi connectivity index (χ3v) is 2.32. The summed E-state index contributed by atoms with van der Waals surface area (Å²) in [5.74, 6) is 0. The van der Waals surface area contributed by atoms with E-state index in [0.29, 0.717) is 13.2 Å². The van der Waals surface area contributed by atoms with Crippen LogP contribution in [0.25, 0.3) is 0 Å². The molecule has 1 fully saturated rings. The highest BCUT2D eigenvalue weighted by atomic mass is 19.3. The first-order valence-corrected chi connectivity index (χ1v) is 4.55. The highest BCUT2D eigenvalue weighted by molar-refractivity contribution is 4.86. The second kappa shape index (κ2) is 3.88. The van der Waals surface area contributed by atoms with Gasteiger partial charge in [0.1, 0.15) is 0 Å². The lowest BCUT2D eigenvalue weighted by Crippen LogP contribution is -2.57. The van der Waals surface area contributed by atoms with Crippen LogP contribution in [0.15, 0.2) is 0 Å². The number of nitrogens with zero attached hydrogens (tertiary/aromatic N) is 1. The van der Waals surface area contributed by atoms with E-state index in [1.54, 1.807) is 0 Å². The van der Waals surface area contributed by atoms with E-state index in [9.17, 15) is 8.78 Å². The van der Waals surface area contributed by atoms with Gasteiger partial charge in [-0.3, -0.25) is 4.90 Å². The van der Waals surface area contributed by atoms with E-state index in [1.807, 2.05) is 25.7 Å². The highest BCUT2D eigenvalue weighted by Crippen LogP contribution is 2.23. The summed E-state index contributed by atoms with van der Waals surface area (Å²) in [6, 6.07) is -0.742. The van der Waals surface area contributed by atoms with Gasteiger partial charge < -0.3 is 4.74 Å². The highest BCUT2D eigenvalue weighted by Gasteiger charge is 2.36. The molecule has 1 aliphatic rings. The molecular formula is C9H17F2NO. The minimum absolute atomic E-state index is 0.148. The predicted octanol–water partition coefficient (Wildman–Crippen LogP) is 1.75. The molecular weight excluding hydrogens is 176 g/mol. The largest absolute Gasteiger partial charge is 0.378 e. The van der Waals surface area contributed by atoms with Crippen LogP contribution in [0.5, 0.6) is 0 Å². The molecule has 2 nitrogen and oxygen atoms in total. The summed E-state index contributed by atoms with van der Waals surface area (Å²) in [7, 11) is 0. The number of halogens is 2. The van der Waals surface area contributed by atoms with Gasteiger partial charge in [-0.1, -0.05) is 0 Å². The molecule has 0 amide bonds. The van der Waals surface area contributed by atoms with E-state index in [0.717, 1.165) is 0 Å². The molecule has 0 bridgehead atoms. The lowest BCUT2D eigenvalue weighted by molar-refractivity contribution is -0.103.